The summed E-state index contributed by atoms with van der Waals surface area (Å²) < 4.78 is 0. The molecule has 0 bridgehead atoms. The predicted octanol–water partition coefficient (Wildman–Crippen LogP) is 13.8. The van der Waals surface area contributed by atoms with Crippen molar-refractivity contribution in [1.29, 1.82) is 0 Å². The summed E-state index contributed by atoms with van der Waals surface area (Å²) in [6, 6.07) is 88.0. The molecule has 0 unspecified atom stereocenters. The zero-order valence-corrected chi connectivity index (χ0v) is 58.5. The quantitative estimate of drug-likeness (QED) is 0.121. The molecule has 0 aliphatic rings. The van der Waals surface area contributed by atoms with Crippen LogP contribution in [0.3, 0.4) is 0 Å². The van der Waals surface area contributed by atoms with Crippen molar-refractivity contribution in [2.24, 2.45) is 0 Å². The van der Waals surface area contributed by atoms with E-state index in [0.717, 1.165) is 34.1 Å². The molecule has 12 aromatic rings. The molecule has 12 aromatic carbocycles. The van der Waals surface area contributed by atoms with E-state index in [9.17, 15) is 0 Å². The van der Waals surface area contributed by atoms with Gasteiger partial charge in [0.2, 0.25) is 0 Å². The number of fused-ring (bicyclic) bond motifs is 6. The van der Waals surface area contributed by atoms with E-state index >= 15 is 0 Å². The van der Waals surface area contributed by atoms with Crippen molar-refractivity contribution in [3.63, 3.8) is 0 Å². The topological polar surface area (TPSA) is 46.1 Å². The van der Waals surface area contributed by atoms with Gasteiger partial charge in [0, 0.05) is 28.6 Å². The third kappa shape index (κ3) is 33.9. The first kappa shape index (κ1) is 79.3. The second-order valence-corrected chi connectivity index (χ2v) is 20.5. The largest absolute Gasteiger partial charge is 3.00 e. The summed E-state index contributed by atoms with van der Waals surface area (Å²) in [7, 11) is 2.23. The monoisotopic (exact) mass is 1330 g/mol. The molecular weight excluding hydrogens is 1250 g/mol. The van der Waals surface area contributed by atoms with Crippen LogP contribution in [0.2, 0.25) is 38.3 Å². The van der Waals surface area contributed by atoms with Crippen LogP contribution >= 0.6 is 12.4 Å². The van der Waals surface area contributed by atoms with E-state index in [1.807, 2.05) is 0 Å². The van der Waals surface area contributed by atoms with Crippen molar-refractivity contribution in [2.75, 3.05) is 13.2 Å². The maximum absolute atomic E-state index is 8.93. The second kappa shape index (κ2) is 52.5. The summed E-state index contributed by atoms with van der Waals surface area (Å²) in [5.74, 6) is 0. The molecule has 0 aliphatic carbocycles. The van der Waals surface area contributed by atoms with Crippen LogP contribution in [0.4, 0.5) is 0 Å². The van der Waals surface area contributed by atoms with Crippen LogP contribution in [0.15, 0.2) is 255 Å². The number of hydrogen-bond acceptors (Lipinski definition) is 2. The van der Waals surface area contributed by atoms with E-state index in [0.29, 0.717) is 0 Å². The molecule has 12 rings (SSSR count). The van der Waals surface area contributed by atoms with Crippen LogP contribution in [0.1, 0.15) is 27.7 Å². The maximum atomic E-state index is 8.93. The van der Waals surface area contributed by atoms with E-state index in [4.69, 9.17) is 10.2 Å². The Hall–Kier alpha value is -3.22. The maximum Gasteiger partial charge on any atom is 3.00 e. The van der Waals surface area contributed by atoms with Gasteiger partial charge >= 0.3 is 78.6 Å². The zero-order valence-electron chi connectivity index (χ0n) is 46.1. The Balaban J connectivity index is -0.000000382. The number of rotatable bonds is 1. The number of halogens is 2. The summed E-state index contributed by atoms with van der Waals surface area (Å²) in [5, 5.41) is 33.8. The fourth-order valence-corrected chi connectivity index (χ4v) is 6.42. The van der Waals surface area contributed by atoms with Gasteiger partial charge in [-0.1, -0.05) is 102 Å². The summed E-state index contributed by atoms with van der Waals surface area (Å²) >= 11 is 0. The molecule has 0 N–H and O–H groups in total. The Morgan fingerprint density at radius 2 is 0.447 bits per heavy atom. The van der Waals surface area contributed by atoms with Gasteiger partial charge < -0.3 is 22.6 Å². The predicted molar refractivity (Wildman–Crippen MR) is 331 cm³/mol. The third-order valence-corrected chi connectivity index (χ3v) is 11.3. The van der Waals surface area contributed by atoms with Crippen LogP contribution in [-0.4, -0.2) is 41.8 Å². The van der Waals surface area contributed by atoms with Gasteiger partial charge in [0.05, 0.1) is 0 Å². The Labute approximate surface area is 535 Å². The molecule has 76 heavy (non-hydrogen) atoms. The Morgan fingerprint density at radius 1 is 0.329 bits per heavy atom. The molecule has 2 nitrogen and oxygen atoms in total. The van der Waals surface area contributed by atoms with E-state index in [-0.39, 0.29) is 117 Å². The van der Waals surface area contributed by atoms with Gasteiger partial charge in [-0.05, 0) is 0 Å². The molecule has 10 heteroatoms. The number of hydrogen-bond donors (Lipinski definition) is 0. The third-order valence-electron chi connectivity index (χ3n) is 9.95. The Bertz CT molecular complexity index is 2350. The van der Waals surface area contributed by atoms with Gasteiger partial charge in [-0.3, -0.25) is 0 Å². The minimum atomic E-state index is 0. The Morgan fingerprint density at radius 3 is 0.553 bits per heavy atom. The summed E-state index contributed by atoms with van der Waals surface area (Å²) in [6.45, 7) is 18.8. The van der Waals surface area contributed by atoms with Crippen LogP contribution in [-0.2, 0) is 78.6 Å². The van der Waals surface area contributed by atoms with E-state index < -0.39 is 0 Å². The van der Waals surface area contributed by atoms with Crippen molar-refractivity contribution >= 4 is 106 Å². The van der Waals surface area contributed by atoms with Crippen molar-refractivity contribution in [3.05, 3.63) is 255 Å². The van der Waals surface area contributed by atoms with Gasteiger partial charge in [-0.15, -0.1) is 204 Å². The SMILES string of the molecule is CC[O-].CC[O-].C[SiH]C.C[SiH]C.C[SiH]C(C)C.Cl.[Cl-].[Zr+3].[Zr+3].[Zr+3].c1ccc2[cH-]ccc2c1.c1ccc2[cH-]ccc2c1.c1ccc2[cH-]ccc2c1.c1ccc2[cH-]ccc2c1.c1ccc2[cH-]ccc2c1.c1ccc2[cH-]ccc2c1. The Kier molecular flexibility index (Phi) is 54.7. The fourth-order valence-electron chi connectivity index (χ4n) is 6.42. The van der Waals surface area contributed by atoms with Crippen LogP contribution in [0.25, 0.3) is 64.6 Å². The second-order valence-electron chi connectivity index (χ2n) is 16.2. The van der Waals surface area contributed by atoms with E-state index in [1.165, 1.54) is 64.6 Å². The first-order valence-corrected chi connectivity index (χ1v) is 31.2. The van der Waals surface area contributed by atoms with Gasteiger partial charge in [-0.2, -0.15) is 105 Å². The number of benzene rings is 6. The van der Waals surface area contributed by atoms with Crippen LogP contribution in [0.5, 0.6) is 0 Å². The fraction of sp³-hybridized carbons (Fsp3) is 0.182. The molecule has 0 spiro atoms. The molecule has 0 atom stereocenters. The first-order chi connectivity index (χ1) is 34.7. The molecular formula is C66H78Cl2O2Si3Zr3. The van der Waals surface area contributed by atoms with Gasteiger partial charge in [0.1, 0.15) is 0 Å². The van der Waals surface area contributed by atoms with Crippen LogP contribution < -0.4 is 22.6 Å². The normalized spacial score (nSPS) is 8.84. The van der Waals surface area contributed by atoms with Gasteiger partial charge in [0.15, 0.2) is 0 Å². The molecule has 0 fully saturated rings. The average Bonchev–Trinajstić information content (AvgIpc) is 4.27. The molecule has 6 radical (unpaired) electrons. The minimum absolute atomic E-state index is 0. The van der Waals surface area contributed by atoms with Crippen molar-refractivity contribution < 1.29 is 101 Å². The average molecular weight is 1330 g/mol. The van der Waals surface area contributed by atoms with Gasteiger partial charge in [-0.25, -0.2) is 0 Å². The van der Waals surface area contributed by atoms with Crippen molar-refractivity contribution in [2.45, 2.75) is 66.0 Å². The minimum Gasteiger partial charge on any atom is -1.00 e. The summed E-state index contributed by atoms with van der Waals surface area (Å²) in [5.41, 5.74) is 0.968. The van der Waals surface area contributed by atoms with E-state index in [1.54, 1.807) is 13.8 Å². The molecule has 0 aromatic heterocycles. The molecule has 392 valence electrons. The van der Waals surface area contributed by atoms with Crippen LogP contribution in [0, 0.1) is 0 Å². The zero-order chi connectivity index (χ0) is 51.7. The first-order valence-electron chi connectivity index (χ1n) is 24.8. The molecule has 0 aliphatic heterocycles. The molecule has 0 amide bonds. The molecule has 0 saturated heterocycles. The van der Waals surface area contributed by atoms with E-state index in [2.05, 4.69) is 301 Å². The standard InChI is InChI=1S/6C9H7.C4H11Si.2C2H5O.2C2H7Si.2ClH.3Zr/c6*1-2-5-9-7-3-6-8(9)4-1;1-4(2)5-3;2*1-2-3;2*1-3-2;;;;;/h6*1-7H;4-5H,1-3H3;2*2H2,1H3;2*3H,1-2H3;2*1H;;;/q6*-1;;2*-1;;;;;3*+3/p-1. The molecule has 0 saturated carbocycles. The summed E-state index contributed by atoms with van der Waals surface area (Å²) in [6.07, 6.45) is 0. The van der Waals surface area contributed by atoms with Crippen molar-refractivity contribution in [1.82, 2.24) is 0 Å². The van der Waals surface area contributed by atoms with Gasteiger partial charge in [0.25, 0.3) is 0 Å². The summed E-state index contributed by atoms with van der Waals surface area (Å²) in [4.78, 5) is 0. The van der Waals surface area contributed by atoms with Crippen molar-refractivity contribution in [3.8, 4) is 0 Å². The smallest absolute Gasteiger partial charge is 1.00 e. The molecule has 0 heterocycles.